The van der Waals surface area contributed by atoms with Crippen LogP contribution in [0.25, 0.3) is 0 Å². The second kappa shape index (κ2) is 11.2. The molecule has 0 saturated carbocycles. The first-order chi connectivity index (χ1) is 15.9. The van der Waals surface area contributed by atoms with Crippen LogP contribution in [0.4, 0.5) is 0 Å². The summed E-state index contributed by atoms with van der Waals surface area (Å²) in [5.41, 5.74) is -0.860. The van der Waals surface area contributed by atoms with E-state index in [9.17, 15) is 27.9 Å². The summed E-state index contributed by atoms with van der Waals surface area (Å²) in [6, 6.07) is 14.5. The van der Waals surface area contributed by atoms with Crippen molar-refractivity contribution in [3.05, 3.63) is 71.8 Å². The Morgan fingerprint density at radius 3 is 2.06 bits per heavy atom. The minimum atomic E-state index is -4.36. The number of rotatable bonds is 10. The number of hydroxylamine groups is 2. The van der Waals surface area contributed by atoms with E-state index in [0.717, 1.165) is 14.0 Å². The van der Waals surface area contributed by atoms with E-state index in [0.29, 0.717) is 10.6 Å². The lowest BCUT2D eigenvalue weighted by molar-refractivity contribution is -0.175. The predicted octanol–water partition coefficient (Wildman–Crippen LogP) is 1.47. The second-order valence-electron chi connectivity index (χ2n) is 8.01. The highest BCUT2D eigenvalue weighted by atomic mass is 32.2. The maximum Gasteiger partial charge on any atom is 0.330 e. The SMILES string of the molecule is COC(=O)C(C)(C)NC(=O)C(O)C(c1ccccc1)N(OS(=O)(=O)Cc1ccccc1)C(C)=O. The monoisotopic (exact) mass is 492 g/mol. The highest BCUT2D eigenvalue weighted by Gasteiger charge is 2.41. The first-order valence-corrected chi connectivity index (χ1v) is 11.8. The molecule has 0 spiro atoms. The number of aliphatic hydroxyl groups excluding tert-OH is 1. The van der Waals surface area contributed by atoms with Gasteiger partial charge in [0, 0.05) is 6.92 Å². The van der Waals surface area contributed by atoms with Crippen LogP contribution in [0.2, 0.25) is 0 Å². The van der Waals surface area contributed by atoms with E-state index in [4.69, 9.17) is 4.28 Å². The zero-order chi connectivity index (χ0) is 25.5. The molecule has 2 aromatic rings. The van der Waals surface area contributed by atoms with Crippen LogP contribution in [0, 0.1) is 0 Å². The van der Waals surface area contributed by atoms with E-state index in [1.807, 2.05) is 0 Å². The van der Waals surface area contributed by atoms with Crippen molar-refractivity contribution in [3.63, 3.8) is 0 Å². The molecule has 2 amide bonds. The standard InChI is InChI=1S/C23H28N2O8S/c1-16(26)25(33-34(30,31)15-17-11-7-5-8-12-17)19(18-13-9-6-10-14-18)20(27)21(28)24-23(2,3)22(29)32-4/h5-14,19-20,27H,15H2,1-4H3,(H,24,28). The van der Waals surface area contributed by atoms with Crippen molar-refractivity contribution in [2.45, 2.75) is 44.2 Å². The average molecular weight is 493 g/mol. The van der Waals surface area contributed by atoms with E-state index < -0.39 is 51.3 Å². The first kappa shape index (κ1) is 27.0. The molecule has 34 heavy (non-hydrogen) atoms. The van der Waals surface area contributed by atoms with Crippen LogP contribution in [0.5, 0.6) is 0 Å². The third-order valence-electron chi connectivity index (χ3n) is 4.78. The molecular formula is C23H28N2O8S. The molecule has 0 aromatic heterocycles. The van der Waals surface area contributed by atoms with Crippen LogP contribution in [-0.2, 0) is 39.3 Å². The Morgan fingerprint density at radius 1 is 1.03 bits per heavy atom. The molecule has 2 aromatic carbocycles. The average Bonchev–Trinajstić information content (AvgIpc) is 2.78. The van der Waals surface area contributed by atoms with Gasteiger partial charge in [-0.2, -0.15) is 13.5 Å². The van der Waals surface area contributed by atoms with E-state index >= 15 is 0 Å². The van der Waals surface area contributed by atoms with Gasteiger partial charge in [-0.3, -0.25) is 9.59 Å². The Morgan fingerprint density at radius 2 is 1.56 bits per heavy atom. The summed E-state index contributed by atoms with van der Waals surface area (Å²) >= 11 is 0. The minimum Gasteiger partial charge on any atom is -0.467 e. The van der Waals surface area contributed by atoms with Crippen molar-refractivity contribution in [1.82, 2.24) is 10.4 Å². The number of hydrogen-bond acceptors (Lipinski definition) is 8. The highest BCUT2D eigenvalue weighted by molar-refractivity contribution is 7.85. The number of carbonyl (C=O) groups is 3. The lowest BCUT2D eigenvalue weighted by Gasteiger charge is -2.33. The fourth-order valence-electron chi connectivity index (χ4n) is 3.15. The molecule has 0 aliphatic rings. The van der Waals surface area contributed by atoms with Gasteiger partial charge in [0.2, 0.25) is 5.91 Å². The maximum absolute atomic E-state index is 12.9. The molecule has 2 rings (SSSR count). The molecule has 2 N–H and O–H groups in total. The van der Waals surface area contributed by atoms with Crippen molar-refractivity contribution in [3.8, 4) is 0 Å². The summed E-state index contributed by atoms with van der Waals surface area (Å²) in [5.74, 6) is -3.23. The minimum absolute atomic E-state index is 0.228. The number of amides is 2. The number of hydrogen-bond donors (Lipinski definition) is 2. The lowest BCUT2D eigenvalue weighted by Crippen LogP contribution is -2.56. The number of ether oxygens (including phenoxy) is 1. The van der Waals surface area contributed by atoms with Crippen LogP contribution >= 0.6 is 0 Å². The summed E-state index contributed by atoms with van der Waals surface area (Å²) in [5, 5.41) is 13.7. The van der Waals surface area contributed by atoms with Crippen molar-refractivity contribution in [2.75, 3.05) is 7.11 Å². The first-order valence-electron chi connectivity index (χ1n) is 10.3. The van der Waals surface area contributed by atoms with Gasteiger partial charge in [-0.25, -0.2) is 4.79 Å². The summed E-state index contributed by atoms with van der Waals surface area (Å²) < 4.78 is 35.2. The molecule has 0 aliphatic carbocycles. The van der Waals surface area contributed by atoms with Crippen molar-refractivity contribution < 1.29 is 36.9 Å². The fraction of sp³-hybridized carbons (Fsp3) is 0.348. The molecule has 11 heteroatoms. The molecule has 0 saturated heterocycles. The summed E-state index contributed by atoms with van der Waals surface area (Å²) in [7, 11) is -3.21. The van der Waals surface area contributed by atoms with Crippen molar-refractivity contribution >= 4 is 27.9 Å². The normalized spacial score (nSPS) is 13.4. The second-order valence-corrected chi connectivity index (χ2v) is 9.57. The fourth-order valence-corrected chi connectivity index (χ4v) is 4.25. The number of benzene rings is 2. The van der Waals surface area contributed by atoms with Crippen LogP contribution < -0.4 is 5.32 Å². The van der Waals surface area contributed by atoms with Crippen LogP contribution in [0.1, 0.15) is 37.9 Å². The predicted molar refractivity (Wildman–Crippen MR) is 122 cm³/mol. The lowest BCUT2D eigenvalue weighted by atomic mass is 9.98. The number of carbonyl (C=O) groups excluding carboxylic acids is 3. The van der Waals surface area contributed by atoms with Gasteiger partial charge in [-0.1, -0.05) is 60.7 Å². The number of nitrogens with zero attached hydrogens (tertiary/aromatic N) is 1. The smallest absolute Gasteiger partial charge is 0.330 e. The van der Waals surface area contributed by atoms with Gasteiger partial charge in [0.05, 0.1) is 7.11 Å². The van der Waals surface area contributed by atoms with Gasteiger partial charge in [-0.15, -0.1) is 4.28 Å². The Bertz CT molecular complexity index is 1100. The third kappa shape index (κ3) is 7.11. The third-order valence-corrected chi connectivity index (χ3v) is 5.86. The Kier molecular flexibility index (Phi) is 8.91. The van der Waals surface area contributed by atoms with Gasteiger partial charge in [0.15, 0.2) is 6.10 Å². The molecule has 0 bridgehead atoms. The van der Waals surface area contributed by atoms with Gasteiger partial charge in [-0.05, 0) is 25.0 Å². The molecule has 0 fully saturated rings. The van der Waals surface area contributed by atoms with E-state index in [1.54, 1.807) is 48.5 Å². The molecule has 0 heterocycles. The van der Waals surface area contributed by atoms with Gasteiger partial charge >= 0.3 is 5.97 Å². The van der Waals surface area contributed by atoms with Gasteiger partial charge < -0.3 is 15.2 Å². The summed E-state index contributed by atoms with van der Waals surface area (Å²) in [6.45, 7) is 3.77. The highest BCUT2D eigenvalue weighted by Crippen LogP contribution is 2.28. The molecule has 2 unspecified atom stereocenters. The van der Waals surface area contributed by atoms with Crippen molar-refractivity contribution in [1.29, 1.82) is 0 Å². The number of esters is 1. The van der Waals surface area contributed by atoms with Gasteiger partial charge in [0.25, 0.3) is 16.0 Å². The maximum atomic E-state index is 12.9. The molecule has 2 atom stereocenters. The topological polar surface area (TPSA) is 139 Å². The number of aliphatic hydroxyl groups is 1. The zero-order valence-electron chi connectivity index (χ0n) is 19.3. The number of nitrogens with one attached hydrogen (secondary N) is 1. The van der Waals surface area contributed by atoms with E-state index in [1.165, 1.54) is 26.0 Å². The molecular weight excluding hydrogens is 464 g/mol. The Balaban J connectivity index is 2.41. The van der Waals surface area contributed by atoms with Crippen molar-refractivity contribution in [2.24, 2.45) is 0 Å². The largest absolute Gasteiger partial charge is 0.467 e. The Hall–Kier alpha value is -3.28. The van der Waals surface area contributed by atoms with Crippen LogP contribution in [0.15, 0.2) is 60.7 Å². The van der Waals surface area contributed by atoms with Crippen LogP contribution in [0.3, 0.4) is 0 Å². The molecule has 10 nitrogen and oxygen atoms in total. The molecule has 184 valence electrons. The van der Waals surface area contributed by atoms with Gasteiger partial charge in [0.1, 0.15) is 17.3 Å². The molecule has 0 radical (unpaired) electrons. The number of methoxy groups -OCH3 is 1. The summed E-state index contributed by atoms with van der Waals surface area (Å²) in [6.07, 6.45) is -2.00. The zero-order valence-corrected chi connectivity index (χ0v) is 20.1. The summed E-state index contributed by atoms with van der Waals surface area (Å²) in [4.78, 5) is 37.3. The van der Waals surface area contributed by atoms with E-state index in [-0.39, 0.29) is 5.56 Å². The molecule has 0 aliphatic heterocycles. The van der Waals surface area contributed by atoms with Crippen LogP contribution in [-0.4, -0.2) is 55.1 Å². The Labute approximate surface area is 198 Å². The van der Waals surface area contributed by atoms with E-state index in [2.05, 4.69) is 10.1 Å². The quantitative estimate of drug-likeness (QED) is 0.375.